The van der Waals surface area contributed by atoms with Gasteiger partial charge in [0.2, 0.25) is 0 Å². The largest absolute Gasteiger partial charge is 0.382 e. The van der Waals surface area contributed by atoms with Gasteiger partial charge in [-0.2, -0.15) is 9.98 Å². The maximum absolute atomic E-state index is 11.1. The van der Waals surface area contributed by atoms with Crippen LogP contribution >= 0.6 is 0 Å². The predicted molar refractivity (Wildman–Crippen MR) is 53.9 cm³/mol. The number of carbonyl (C=O) groups is 1. The number of benzene rings is 1. The quantitative estimate of drug-likeness (QED) is 0.656. The van der Waals surface area contributed by atoms with E-state index < -0.39 is 6.03 Å². The highest BCUT2D eigenvalue weighted by Gasteiger charge is 2.11. The highest BCUT2D eigenvalue weighted by molar-refractivity contribution is 5.85. The lowest BCUT2D eigenvalue weighted by Gasteiger charge is -1.97. The number of anilines is 1. The summed E-state index contributed by atoms with van der Waals surface area (Å²) in [5.41, 5.74) is 6.41. The van der Waals surface area contributed by atoms with Gasteiger partial charge in [-0.1, -0.05) is 18.2 Å². The number of nitrogen functional groups attached to an aromatic ring is 1. The molecular formula is C10H6N4O. The third kappa shape index (κ3) is 1.03. The maximum atomic E-state index is 11.1. The average Bonchev–Trinajstić information content (AvgIpc) is 2.61. The highest BCUT2D eigenvalue weighted by atomic mass is 16.2. The molecule has 2 amide bonds. The molecule has 5 heteroatoms. The zero-order valence-corrected chi connectivity index (χ0v) is 7.64. The Morgan fingerprint density at radius 3 is 2.67 bits per heavy atom. The van der Waals surface area contributed by atoms with Crippen molar-refractivity contribution in [1.29, 1.82) is 0 Å². The van der Waals surface area contributed by atoms with E-state index in [1.54, 1.807) is 0 Å². The molecule has 2 heterocycles. The molecule has 1 aromatic heterocycles. The van der Waals surface area contributed by atoms with E-state index in [1.807, 2.05) is 24.3 Å². The lowest BCUT2D eigenvalue weighted by Crippen LogP contribution is -2.27. The van der Waals surface area contributed by atoms with E-state index in [0.717, 1.165) is 10.9 Å². The lowest BCUT2D eigenvalue weighted by atomic mass is 10.2. The van der Waals surface area contributed by atoms with Gasteiger partial charge in [0.25, 0.3) is 0 Å². The number of nitrogens with zero attached hydrogens (tertiary/aromatic N) is 3. The van der Waals surface area contributed by atoms with Gasteiger partial charge in [-0.15, -0.1) is 0 Å². The first kappa shape index (κ1) is 8.05. The SMILES string of the molecule is Nc1nc2ccccc2c2c1=NC(=O)N=2. The fraction of sp³-hybridized carbons (Fsp3) is 0. The third-order valence-corrected chi connectivity index (χ3v) is 2.28. The zero-order chi connectivity index (χ0) is 10.4. The van der Waals surface area contributed by atoms with Gasteiger partial charge in [0.15, 0.2) is 5.82 Å². The molecule has 5 nitrogen and oxygen atoms in total. The van der Waals surface area contributed by atoms with E-state index in [-0.39, 0.29) is 5.82 Å². The number of fused-ring (bicyclic) bond motifs is 3. The summed E-state index contributed by atoms with van der Waals surface area (Å²) in [6.45, 7) is 0. The summed E-state index contributed by atoms with van der Waals surface area (Å²) in [6, 6.07) is 6.87. The number of pyridine rings is 1. The van der Waals surface area contributed by atoms with Gasteiger partial charge in [0.05, 0.1) is 5.52 Å². The standard InChI is InChI=1S/C10H6N4O/c11-9-8-7(13-10(15)14-8)5-3-1-2-4-6(5)12-9/h1-4H,(H2,11,12). The molecular weight excluding hydrogens is 192 g/mol. The van der Waals surface area contributed by atoms with Crippen LogP contribution in [0.2, 0.25) is 0 Å². The Morgan fingerprint density at radius 1 is 1.07 bits per heavy atom. The summed E-state index contributed by atoms with van der Waals surface area (Å²) in [7, 11) is 0. The summed E-state index contributed by atoms with van der Waals surface area (Å²) in [5, 5.41) is 1.72. The van der Waals surface area contributed by atoms with Crippen LogP contribution < -0.4 is 16.4 Å². The topological polar surface area (TPSA) is 80.7 Å². The van der Waals surface area contributed by atoms with Gasteiger partial charge in [-0.05, 0) is 6.07 Å². The first-order valence-corrected chi connectivity index (χ1v) is 4.41. The molecule has 3 rings (SSSR count). The molecule has 0 fully saturated rings. The van der Waals surface area contributed by atoms with Crippen molar-refractivity contribution < 1.29 is 4.79 Å². The van der Waals surface area contributed by atoms with Crippen LogP contribution in [0.15, 0.2) is 34.3 Å². The Labute approximate surface area is 84.0 Å². The maximum Gasteiger partial charge on any atom is 0.368 e. The molecule has 1 aliphatic rings. The monoisotopic (exact) mass is 198 g/mol. The first-order chi connectivity index (χ1) is 7.25. The number of para-hydroxylation sites is 1. The van der Waals surface area contributed by atoms with Crippen molar-refractivity contribution in [2.75, 3.05) is 5.73 Å². The van der Waals surface area contributed by atoms with Gasteiger partial charge in [0.1, 0.15) is 10.7 Å². The van der Waals surface area contributed by atoms with Gasteiger partial charge >= 0.3 is 6.03 Å². The van der Waals surface area contributed by atoms with Crippen molar-refractivity contribution in [3.05, 3.63) is 35.0 Å². The number of amides is 2. The molecule has 72 valence electrons. The van der Waals surface area contributed by atoms with Crippen LogP contribution in [0.25, 0.3) is 10.9 Å². The summed E-state index contributed by atoms with van der Waals surface area (Å²) in [5.74, 6) is 0.248. The second-order valence-corrected chi connectivity index (χ2v) is 3.22. The smallest absolute Gasteiger partial charge is 0.368 e. The molecule has 0 unspecified atom stereocenters. The molecule has 0 bridgehead atoms. The number of hydrogen-bond donors (Lipinski definition) is 1. The Kier molecular flexibility index (Phi) is 1.39. The van der Waals surface area contributed by atoms with Crippen LogP contribution in [0, 0.1) is 0 Å². The number of rotatable bonds is 0. The number of urea groups is 1. The summed E-state index contributed by atoms with van der Waals surface area (Å²) < 4.78 is 0. The van der Waals surface area contributed by atoms with E-state index >= 15 is 0 Å². The molecule has 2 aromatic rings. The normalized spacial score (nSPS) is 13.5. The fourth-order valence-corrected chi connectivity index (χ4v) is 1.64. The van der Waals surface area contributed by atoms with E-state index in [9.17, 15) is 4.79 Å². The minimum atomic E-state index is -0.519. The molecule has 2 N–H and O–H groups in total. The fourth-order valence-electron chi connectivity index (χ4n) is 1.64. The Morgan fingerprint density at radius 2 is 1.80 bits per heavy atom. The van der Waals surface area contributed by atoms with Crippen molar-refractivity contribution >= 4 is 22.8 Å². The number of carbonyl (C=O) groups excluding carboxylic acids is 1. The third-order valence-electron chi connectivity index (χ3n) is 2.28. The van der Waals surface area contributed by atoms with E-state index in [1.165, 1.54) is 0 Å². The van der Waals surface area contributed by atoms with Gasteiger partial charge in [-0.25, -0.2) is 9.78 Å². The second kappa shape index (κ2) is 2.60. The van der Waals surface area contributed by atoms with Crippen molar-refractivity contribution in [1.82, 2.24) is 4.98 Å². The average molecular weight is 198 g/mol. The van der Waals surface area contributed by atoms with E-state index in [4.69, 9.17) is 5.73 Å². The van der Waals surface area contributed by atoms with Gasteiger partial charge in [-0.3, -0.25) is 0 Å². The molecule has 0 spiro atoms. The molecule has 0 atom stereocenters. The van der Waals surface area contributed by atoms with Gasteiger partial charge < -0.3 is 5.73 Å². The summed E-state index contributed by atoms with van der Waals surface area (Å²) >= 11 is 0. The molecule has 1 aromatic carbocycles. The Bertz CT molecular complexity index is 705. The van der Waals surface area contributed by atoms with Crippen molar-refractivity contribution in [2.45, 2.75) is 0 Å². The number of nitrogens with two attached hydrogens (primary N) is 1. The van der Waals surface area contributed by atoms with Crippen LogP contribution in [0.3, 0.4) is 0 Å². The molecule has 0 radical (unpaired) electrons. The minimum Gasteiger partial charge on any atom is -0.382 e. The molecule has 0 saturated carbocycles. The molecule has 15 heavy (non-hydrogen) atoms. The highest BCUT2D eigenvalue weighted by Crippen LogP contribution is 2.07. The Hall–Kier alpha value is -2.30. The van der Waals surface area contributed by atoms with Gasteiger partial charge in [0, 0.05) is 5.39 Å². The van der Waals surface area contributed by atoms with Crippen molar-refractivity contribution in [3.8, 4) is 0 Å². The zero-order valence-electron chi connectivity index (χ0n) is 7.64. The first-order valence-electron chi connectivity index (χ1n) is 4.41. The van der Waals surface area contributed by atoms with Crippen molar-refractivity contribution in [2.24, 2.45) is 9.98 Å². The lowest BCUT2D eigenvalue weighted by molar-refractivity contribution is 0.257. The molecule has 1 aliphatic heterocycles. The van der Waals surface area contributed by atoms with Crippen LogP contribution in [0.1, 0.15) is 0 Å². The molecule has 0 aliphatic carbocycles. The predicted octanol–water partition coefficient (Wildman–Crippen LogP) is 0.190. The minimum absolute atomic E-state index is 0.248. The second-order valence-electron chi connectivity index (χ2n) is 3.22. The van der Waals surface area contributed by atoms with E-state index in [2.05, 4.69) is 15.0 Å². The van der Waals surface area contributed by atoms with Crippen LogP contribution in [-0.2, 0) is 0 Å². The summed E-state index contributed by atoms with van der Waals surface area (Å²) in [6.07, 6.45) is 0. The van der Waals surface area contributed by atoms with Crippen LogP contribution in [0.4, 0.5) is 10.6 Å². The number of hydrogen-bond acceptors (Lipinski definition) is 3. The Balaban J connectivity index is 2.67. The van der Waals surface area contributed by atoms with Crippen LogP contribution in [-0.4, -0.2) is 11.0 Å². The number of aromatic nitrogens is 1. The van der Waals surface area contributed by atoms with E-state index in [0.29, 0.717) is 10.7 Å². The summed E-state index contributed by atoms with van der Waals surface area (Å²) in [4.78, 5) is 22.8. The van der Waals surface area contributed by atoms with Crippen LogP contribution in [0.5, 0.6) is 0 Å². The molecule has 0 saturated heterocycles. The van der Waals surface area contributed by atoms with Crippen molar-refractivity contribution in [3.63, 3.8) is 0 Å².